The van der Waals surface area contributed by atoms with E-state index in [9.17, 15) is 13.2 Å². The second-order valence-electron chi connectivity index (χ2n) is 6.79. The van der Waals surface area contributed by atoms with Gasteiger partial charge in [-0.05, 0) is 30.5 Å². The van der Waals surface area contributed by atoms with Crippen LogP contribution in [0.15, 0.2) is 29.3 Å². The molecule has 4 rings (SSSR count). The number of hydrogen-bond acceptors (Lipinski definition) is 5. The molecule has 6 nitrogen and oxygen atoms in total. The zero-order valence-electron chi connectivity index (χ0n) is 13.9. The second-order valence-corrected chi connectivity index (χ2v) is 10.1. The number of thioether (sulfide) groups is 1. The Balaban J connectivity index is 1.62. The second kappa shape index (κ2) is 6.32. The molecule has 2 aliphatic heterocycles. The van der Waals surface area contributed by atoms with Crippen molar-refractivity contribution >= 4 is 32.7 Å². The number of hydrogen-bond donors (Lipinski definition) is 0. The van der Waals surface area contributed by atoms with E-state index in [1.807, 2.05) is 29.2 Å². The summed E-state index contributed by atoms with van der Waals surface area (Å²) in [5.74, 6) is 1.04. The molecule has 2 atom stereocenters. The number of nitrogens with zero attached hydrogens (tertiary/aromatic N) is 2. The summed E-state index contributed by atoms with van der Waals surface area (Å²) >= 11 is 1.44. The Morgan fingerprint density at radius 1 is 1.36 bits per heavy atom. The van der Waals surface area contributed by atoms with E-state index in [1.54, 1.807) is 7.11 Å². The van der Waals surface area contributed by atoms with Gasteiger partial charge in [-0.15, -0.1) is 0 Å². The Morgan fingerprint density at radius 3 is 2.88 bits per heavy atom. The molecule has 3 aliphatic rings. The average molecular weight is 380 g/mol. The molecular weight excluding hydrogens is 360 g/mol. The van der Waals surface area contributed by atoms with Crippen molar-refractivity contribution in [2.75, 3.05) is 18.6 Å². The van der Waals surface area contributed by atoms with Crippen LogP contribution in [0.3, 0.4) is 0 Å². The quantitative estimate of drug-likeness (QED) is 0.791. The zero-order chi connectivity index (χ0) is 17.6. The van der Waals surface area contributed by atoms with Crippen LogP contribution < -0.4 is 4.74 Å². The van der Waals surface area contributed by atoms with Gasteiger partial charge in [0.25, 0.3) is 5.91 Å². The molecule has 0 radical (unpaired) electrons. The molecule has 0 spiro atoms. The molecule has 8 heteroatoms. The smallest absolute Gasteiger partial charge is 0.251 e. The largest absolute Gasteiger partial charge is 0.497 e. The van der Waals surface area contributed by atoms with Crippen molar-refractivity contribution in [3.8, 4) is 5.75 Å². The number of benzene rings is 1. The van der Waals surface area contributed by atoms with Crippen LogP contribution in [-0.4, -0.2) is 54.3 Å². The predicted molar refractivity (Wildman–Crippen MR) is 97.5 cm³/mol. The van der Waals surface area contributed by atoms with Crippen LogP contribution in [0.25, 0.3) is 0 Å². The first-order valence-corrected chi connectivity index (χ1v) is 11.0. The van der Waals surface area contributed by atoms with Crippen molar-refractivity contribution in [1.82, 2.24) is 4.90 Å². The van der Waals surface area contributed by atoms with E-state index in [-0.39, 0.29) is 34.6 Å². The van der Waals surface area contributed by atoms with Crippen LogP contribution in [0.2, 0.25) is 0 Å². The van der Waals surface area contributed by atoms with Crippen molar-refractivity contribution in [3.05, 3.63) is 29.8 Å². The lowest BCUT2D eigenvalue weighted by molar-refractivity contribution is -0.118. The number of carbonyl (C=O) groups is 1. The van der Waals surface area contributed by atoms with Gasteiger partial charge in [0.05, 0.1) is 24.7 Å². The fourth-order valence-corrected chi connectivity index (χ4v) is 7.26. The van der Waals surface area contributed by atoms with E-state index in [0.717, 1.165) is 24.2 Å². The molecule has 1 aromatic carbocycles. The fourth-order valence-electron chi connectivity index (χ4n) is 3.30. The highest BCUT2D eigenvalue weighted by Gasteiger charge is 2.49. The first-order chi connectivity index (χ1) is 11.9. The Labute approximate surface area is 151 Å². The summed E-state index contributed by atoms with van der Waals surface area (Å²) < 4.78 is 29.3. The van der Waals surface area contributed by atoms with Gasteiger partial charge in [-0.1, -0.05) is 23.9 Å². The maximum atomic E-state index is 12.1. The molecule has 25 heavy (non-hydrogen) atoms. The van der Waals surface area contributed by atoms with E-state index < -0.39 is 9.84 Å². The lowest BCUT2D eigenvalue weighted by Crippen LogP contribution is -2.37. The van der Waals surface area contributed by atoms with Gasteiger partial charge in [-0.3, -0.25) is 4.79 Å². The third-order valence-electron chi connectivity index (χ3n) is 4.79. The number of aliphatic imine (C=N–C) groups is 1. The summed E-state index contributed by atoms with van der Waals surface area (Å²) in [5.41, 5.74) is 1.01. The van der Waals surface area contributed by atoms with Crippen LogP contribution >= 0.6 is 11.8 Å². The monoisotopic (exact) mass is 380 g/mol. The summed E-state index contributed by atoms with van der Waals surface area (Å²) in [5, 5.41) is 0.631. The van der Waals surface area contributed by atoms with Gasteiger partial charge in [0.1, 0.15) is 5.75 Å². The van der Waals surface area contributed by atoms with Gasteiger partial charge in [0.2, 0.25) is 0 Å². The van der Waals surface area contributed by atoms with Crippen LogP contribution in [-0.2, 0) is 21.2 Å². The van der Waals surface area contributed by atoms with Gasteiger partial charge < -0.3 is 9.64 Å². The number of rotatable bonds is 4. The highest BCUT2D eigenvalue weighted by Crippen LogP contribution is 2.40. The highest BCUT2D eigenvalue weighted by atomic mass is 32.2. The molecule has 0 unspecified atom stereocenters. The van der Waals surface area contributed by atoms with Gasteiger partial charge >= 0.3 is 0 Å². The van der Waals surface area contributed by atoms with Gasteiger partial charge in [-0.25, -0.2) is 8.42 Å². The minimum absolute atomic E-state index is 0.0404. The van der Waals surface area contributed by atoms with Crippen molar-refractivity contribution in [3.63, 3.8) is 0 Å². The van der Waals surface area contributed by atoms with Crippen molar-refractivity contribution < 1.29 is 17.9 Å². The molecule has 3 fully saturated rings. The minimum Gasteiger partial charge on any atom is -0.497 e. The predicted octanol–water partition coefficient (Wildman–Crippen LogP) is 1.70. The van der Waals surface area contributed by atoms with E-state index in [2.05, 4.69) is 4.99 Å². The molecule has 134 valence electrons. The van der Waals surface area contributed by atoms with Crippen molar-refractivity contribution in [2.45, 2.75) is 30.7 Å². The first-order valence-electron chi connectivity index (χ1n) is 8.34. The van der Waals surface area contributed by atoms with Crippen LogP contribution in [0.1, 0.15) is 18.4 Å². The Hall–Kier alpha value is -1.54. The highest BCUT2D eigenvalue weighted by molar-refractivity contribution is 8.15. The number of carbonyl (C=O) groups excluding carboxylic acids is 1. The third kappa shape index (κ3) is 3.55. The fraction of sp³-hybridized carbons (Fsp3) is 0.529. The Morgan fingerprint density at radius 2 is 2.16 bits per heavy atom. The number of methoxy groups -OCH3 is 1. The molecular formula is C17H20N2O4S2. The van der Waals surface area contributed by atoms with E-state index in [1.165, 1.54) is 11.8 Å². The molecule has 2 heterocycles. The zero-order valence-corrected chi connectivity index (χ0v) is 15.6. The standard InChI is InChI=1S/C17H20N2O4S2/c1-23-13-4-2-3-11(7-13)8-19-14-9-25(21,22)10-15(14)24-17(19)18-16(20)12-5-6-12/h2-4,7,12,14-15H,5-6,8-10H2,1H3/t14-,15+/m1/s1. The van der Waals surface area contributed by atoms with Crippen molar-refractivity contribution in [1.29, 1.82) is 0 Å². The lowest BCUT2D eigenvalue weighted by atomic mass is 10.1. The minimum atomic E-state index is -3.03. The molecule has 1 saturated carbocycles. The summed E-state index contributed by atoms with van der Waals surface area (Å²) in [4.78, 5) is 18.5. The summed E-state index contributed by atoms with van der Waals surface area (Å²) in [6.45, 7) is 0.525. The molecule has 0 bridgehead atoms. The molecule has 2 saturated heterocycles. The summed E-state index contributed by atoms with van der Waals surface area (Å²) in [7, 11) is -1.41. The molecule has 0 aromatic heterocycles. The summed E-state index contributed by atoms with van der Waals surface area (Å²) in [6.07, 6.45) is 1.83. The lowest BCUT2D eigenvalue weighted by Gasteiger charge is -2.24. The first kappa shape index (κ1) is 16.9. The summed E-state index contributed by atoms with van der Waals surface area (Å²) in [6, 6.07) is 7.57. The van der Waals surface area contributed by atoms with Crippen molar-refractivity contribution in [2.24, 2.45) is 10.9 Å². The number of amidine groups is 1. The number of fused-ring (bicyclic) bond motifs is 1. The molecule has 1 aliphatic carbocycles. The molecule has 0 N–H and O–H groups in total. The van der Waals surface area contributed by atoms with E-state index in [0.29, 0.717) is 11.7 Å². The number of amides is 1. The third-order valence-corrected chi connectivity index (χ3v) is 8.04. The number of sulfone groups is 1. The van der Waals surface area contributed by atoms with Crippen LogP contribution in [0.5, 0.6) is 5.75 Å². The van der Waals surface area contributed by atoms with Gasteiger partial charge in [0, 0.05) is 17.7 Å². The SMILES string of the molecule is COc1cccc(CN2C(=NC(=O)C3CC3)S[C@H]3CS(=O)(=O)C[C@H]32)c1. The van der Waals surface area contributed by atoms with E-state index >= 15 is 0 Å². The Bertz CT molecular complexity index is 833. The van der Waals surface area contributed by atoms with E-state index in [4.69, 9.17) is 4.74 Å². The van der Waals surface area contributed by atoms with Gasteiger partial charge in [0.15, 0.2) is 15.0 Å². The molecule has 1 aromatic rings. The molecule has 1 amide bonds. The van der Waals surface area contributed by atoms with Crippen LogP contribution in [0.4, 0.5) is 0 Å². The van der Waals surface area contributed by atoms with Crippen LogP contribution in [0, 0.1) is 5.92 Å². The normalized spacial score (nSPS) is 29.0. The Kier molecular flexibility index (Phi) is 4.27. The topological polar surface area (TPSA) is 76.0 Å². The number of ether oxygens (including phenoxy) is 1. The average Bonchev–Trinajstić information content (AvgIpc) is 3.32. The van der Waals surface area contributed by atoms with Gasteiger partial charge in [-0.2, -0.15) is 4.99 Å². The maximum Gasteiger partial charge on any atom is 0.251 e. The maximum absolute atomic E-state index is 12.1.